The molecular weight excluding hydrogens is 307 g/mol. The first kappa shape index (κ1) is 14.3. The van der Waals surface area contributed by atoms with Gasteiger partial charge in [0.15, 0.2) is 0 Å². The second kappa shape index (κ2) is 5.69. The van der Waals surface area contributed by atoms with E-state index < -0.39 is 0 Å². The van der Waals surface area contributed by atoms with Gasteiger partial charge in [-0.05, 0) is 18.2 Å². The zero-order chi connectivity index (χ0) is 16.5. The average molecular weight is 320 g/mol. The van der Waals surface area contributed by atoms with Gasteiger partial charge in [-0.15, -0.1) is 0 Å². The highest BCUT2D eigenvalue weighted by atomic mass is 19.1. The van der Waals surface area contributed by atoms with Crippen molar-refractivity contribution in [2.45, 2.75) is 0 Å². The van der Waals surface area contributed by atoms with E-state index in [1.807, 2.05) is 24.3 Å². The van der Waals surface area contributed by atoms with Crippen LogP contribution in [0.15, 0.2) is 53.8 Å². The van der Waals surface area contributed by atoms with E-state index in [9.17, 15) is 4.39 Å². The minimum Gasteiger partial charge on any atom is -0.304 e. The Morgan fingerprint density at radius 1 is 1.12 bits per heavy atom. The Balaban J connectivity index is 1.80. The average Bonchev–Trinajstić information content (AvgIpc) is 3.21. The van der Waals surface area contributed by atoms with Gasteiger partial charge in [0.25, 0.3) is 0 Å². The van der Waals surface area contributed by atoms with Crippen molar-refractivity contribution in [3.8, 4) is 22.5 Å². The molecule has 3 heterocycles. The Kier molecular flexibility index (Phi) is 3.38. The normalized spacial score (nSPS) is 11.6. The summed E-state index contributed by atoms with van der Waals surface area (Å²) in [6.45, 7) is 0. The predicted molar refractivity (Wildman–Crippen MR) is 89.5 cm³/mol. The van der Waals surface area contributed by atoms with Crippen LogP contribution in [-0.4, -0.2) is 38.1 Å². The number of imidazole rings is 1. The maximum Gasteiger partial charge on any atom is 0.139 e. The Morgan fingerprint density at radius 2 is 2.00 bits per heavy atom. The summed E-state index contributed by atoms with van der Waals surface area (Å²) in [6, 6.07) is 10.9. The Hall–Kier alpha value is -3.35. The molecule has 0 aliphatic heterocycles. The molecule has 0 amide bonds. The number of hydrogen-bond acceptors (Lipinski definition) is 4. The number of rotatable bonds is 3. The molecule has 0 radical (unpaired) electrons. The molecule has 0 spiro atoms. The lowest BCUT2D eigenvalue weighted by atomic mass is 10.1. The van der Waals surface area contributed by atoms with Gasteiger partial charge in [0.05, 0.1) is 11.9 Å². The molecule has 0 bridgehead atoms. The van der Waals surface area contributed by atoms with Gasteiger partial charge in [-0.1, -0.05) is 18.2 Å². The molecule has 0 fully saturated rings. The third kappa shape index (κ3) is 2.45. The molecule has 6 nitrogen and oxygen atoms in total. The van der Waals surface area contributed by atoms with E-state index in [4.69, 9.17) is 0 Å². The van der Waals surface area contributed by atoms with E-state index in [1.54, 1.807) is 29.9 Å². The summed E-state index contributed by atoms with van der Waals surface area (Å²) in [7, 11) is 1.69. The molecule has 4 aromatic rings. The van der Waals surface area contributed by atoms with Gasteiger partial charge in [0.2, 0.25) is 0 Å². The predicted octanol–water partition coefficient (Wildman–Crippen LogP) is 2.97. The molecule has 4 rings (SSSR count). The molecule has 0 aliphatic rings. The van der Waals surface area contributed by atoms with Crippen LogP contribution in [0.3, 0.4) is 0 Å². The molecule has 0 saturated heterocycles. The van der Waals surface area contributed by atoms with Crippen molar-refractivity contribution in [2.24, 2.45) is 4.99 Å². The fourth-order valence-corrected chi connectivity index (χ4v) is 2.59. The molecule has 0 atom stereocenters. The van der Waals surface area contributed by atoms with Crippen molar-refractivity contribution in [2.75, 3.05) is 7.05 Å². The molecule has 1 aromatic carbocycles. The summed E-state index contributed by atoms with van der Waals surface area (Å²) < 4.78 is 15.0. The van der Waals surface area contributed by atoms with Gasteiger partial charge in [-0.2, -0.15) is 15.4 Å². The fourth-order valence-electron chi connectivity index (χ4n) is 2.59. The zero-order valence-electron chi connectivity index (χ0n) is 12.8. The van der Waals surface area contributed by atoms with Crippen LogP contribution >= 0.6 is 0 Å². The van der Waals surface area contributed by atoms with Crippen LogP contribution in [0.25, 0.3) is 28.2 Å². The van der Waals surface area contributed by atoms with E-state index in [-0.39, 0.29) is 5.82 Å². The molecule has 3 aromatic heterocycles. The molecular formula is C17H13FN6. The SMILES string of the molecule is CN=Cc1n[nH]nc1-c1cccc(-c2cn3cc(F)ccc3n2)c1. The molecule has 0 saturated carbocycles. The van der Waals surface area contributed by atoms with E-state index in [1.165, 1.54) is 12.3 Å². The van der Waals surface area contributed by atoms with E-state index in [2.05, 4.69) is 25.4 Å². The lowest BCUT2D eigenvalue weighted by Crippen LogP contribution is -1.88. The summed E-state index contributed by atoms with van der Waals surface area (Å²) >= 11 is 0. The number of aromatic amines is 1. The van der Waals surface area contributed by atoms with Crippen LogP contribution in [0.4, 0.5) is 4.39 Å². The first-order valence-electron chi connectivity index (χ1n) is 7.32. The van der Waals surface area contributed by atoms with Crippen molar-refractivity contribution in [3.63, 3.8) is 0 Å². The van der Waals surface area contributed by atoms with Gasteiger partial charge in [0, 0.05) is 30.6 Å². The number of halogens is 1. The quantitative estimate of drug-likeness (QED) is 0.590. The third-order valence-corrected chi connectivity index (χ3v) is 3.67. The van der Waals surface area contributed by atoms with Crippen molar-refractivity contribution in [1.29, 1.82) is 0 Å². The monoisotopic (exact) mass is 320 g/mol. The van der Waals surface area contributed by atoms with Crippen LogP contribution in [0.5, 0.6) is 0 Å². The second-order valence-corrected chi connectivity index (χ2v) is 5.26. The van der Waals surface area contributed by atoms with Crippen LogP contribution in [0.1, 0.15) is 5.69 Å². The van der Waals surface area contributed by atoms with Crippen LogP contribution in [0, 0.1) is 5.82 Å². The molecule has 118 valence electrons. The van der Waals surface area contributed by atoms with Gasteiger partial charge in [0.1, 0.15) is 22.9 Å². The highest BCUT2D eigenvalue weighted by Crippen LogP contribution is 2.26. The fraction of sp³-hybridized carbons (Fsp3) is 0.0588. The van der Waals surface area contributed by atoms with E-state index in [0.29, 0.717) is 11.3 Å². The minimum absolute atomic E-state index is 0.300. The Labute approximate surface area is 136 Å². The first-order valence-corrected chi connectivity index (χ1v) is 7.32. The lowest BCUT2D eigenvalue weighted by Gasteiger charge is -2.01. The minimum atomic E-state index is -0.300. The van der Waals surface area contributed by atoms with Crippen LogP contribution in [0.2, 0.25) is 0 Å². The Morgan fingerprint density at radius 3 is 2.88 bits per heavy atom. The van der Waals surface area contributed by atoms with Crippen LogP contribution in [-0.2, 0) is 0 Å². The van der Waals surface area contributed by atoms with Crippen molar-refractivity contribution < 1.29 is 4.39 Å². The van der Waals surface area contributed by atoms with E-state index in [0.717, 1.165) is 22.5 Å². The number of nitrogens with zero attached hydrogens (tertiary/aromatic N) is 5. The number of H-pyrrole nitrogens is 1. The second-order valence-electron chi connectivity index (χ2n) is 5.26. The third-order valence-electron chi connectivity index (χ3n) is 3.67. The number of pyridine rings is 1. The summed E-state index contributed by atoms with van der Waals surface area (Å²) in [4.78, 5) is 8.51. The first-order chi connectivity index (χ1) is 11.7. The highest BCUT2D eigenvalue weighted by Gasteiger charge is 2.11. The maximum atomic E-state index is 13.3. The lowest BCUT2D eigenvalue weighted by molar-refractivity contribution is 0.619. The maximum absolute atomic E-state index is 13.3. The molecule has 0 unspecified atom stereocenters. The summed E-state index contributed by atoms with van der Waals surface area (Å²) in [6.07, 6.45) is 4.86. The standard InChI is InChI=1S/C17H13FN6/c1-19-8-14-17(22-23-21-14)12-4-2-3-11(7-12)15-10-24-9-13(18)5-6-16(24)20-15/h2-10H,1H3,(H,21,22,23). The molecule has 7 heteroatoms. The largest absolute Gasteiger partial charge is 0.304 e. The van der Waals surface area contributed by atoms with Gasteiger partial charge >= 0.3 is 0 Å². The van der Waals surface area contributed by atoms with E-state index >= 15 is 0 Å². The summed E-state index contributed by atoms with van der Waals surface area (Å²) in [5.74, 6) is -0.300. The smallest absolute Gasteiger partial charge is 0.139 e. The molecule has 0 aliphatic carbocycles. The van der Waals surface area contributed by atoms with Gasteiger partial charge < -0.3 is 4.40 Å². The van der Waals surface area contributed by atoms with Crippen molar-refractivity contribution in [3.05, 3.63) is 60.3 Å². The van der Waals surface area contributed by atoms with Crippen molar-refractivity contribution >= 4 is 11.9 Å². The number of nitrogens with one attached hydrogen (secondary N) is 1. The number of fused-ring (bicyclic) bond motifs is 1. The molecule has 1 N–H and O–H groups in total. The van der Waals surface area contributed by atoms with Gasteiger partial charge in [-0.25, -0.2) is 9.37 Å². The zero-order valence-corrected chi connectivity index (χ0v) is 12.8. The summed E-state index contributed by atoms with van der Waals surface area (Å²) in [5.41, 5.74) is 4.66. The number of aliphatic imine (C=N–C) groups is 1. The topological polar surface area (TPSA) is 71.2 Å². The number of aromatic nitrogens is 5. The highest BCUT2D eigenvalue weighted by molar-refractivity contribution is 5.87. The Bertz CT molecular complexity index is 1050. The summed E-state index contributed by atoms with van der Waals surface area (Å²) in [5, 5.41) is 10.9. The van der Waals surface area contributed by atoms with Crippen LogP contribution < -0.4 is 0 Å². The number of hydrogen-bond donors (Lipinski definition) is 1. The van der Waals surface area contributed by atoms with Gasteiger partial charge in [-0.3, -0.25) is 4.99 Å². The number of benzene rings is 1. The van der Waals surface area contributed by atoms with Crippen molar-refractivity contribution in [1.82, 2.24) is 24.8 Å². The molecule has 24 heavy (non-hydrogen) atoms.